The number of hydrogen-bond donors (Lipinski definition) is 1. The molecular weight excluding hydrogens is 326 g/mol. The highest BCUT2D eigenvalue weighted by molar-refractivity contribution is 9.10. The molecule has 1 aromatic carbocycles. The molecule has 3 nitrogen and oxygen atoms in total. The summed E-state index contributed by atoms with van der Waals surface area (Å²) in [6.07, 6.45) is 3.04. The number of aromatic nitrogens is 2. The molecule has 19 heavy (non-hydrogen) atoms. The topological polar surface area (TPSA) is 29.9 Å². The van der Waals surface area contributed by atoms with E-state index >= 15 is 0 Å². The molecule has 1 N–H and O–H groups in total. The molecule has 1 heterocycles. The maximum absolute atomic E-state index is 6.01. The van der Waals surface area contributed by atoms with Crippen molar-refractivity contribution in [2.75, 3.05) is 6.54 Å². The quantitative estimate of drug-likeness (QED) is 0.892. The van der Waals surface area contributed by atoms with Gasteiger partial charge in [0.2, 0.25) is 0 Å². The van der Waals surface area contributed by atoms with Crippen LogP contribution in [-0.4, -0.2) is 16.3 Å². The van der Waals surface area contributed by atoms with Gasteiger partial charge in [-0.2, -0.15) is 5.10 Å². The summed E-state index contributed by atoms with van der Waals surface area (Å²) in [5.41, 5.74) is 2.16. The van der Waals surface area contributed by atoms with Crippen molar-refractivity contribution in [3.63, 3.8) is 0 Å². The van der Waals surface area contributed by atoms with Gasteiger partial charge < -0.3 is 5.32 Å². The molecule has 0 aliphatic heterocycles. The van der Waals surface area contributed by atoms with Gasteiger partial charge in [-0.15, -0.1) is 0 Å². The van der Waals surface area contributed by atoms with Gasteiger partial charge in [0.25, 0.3) is 0 Å². The average molecular weight is 343 g/mol. The van der Waals surface area contributed by atoms with Crippen molar-refractivity contribution in [1.29, 1.82) is 0 Å². The van der Waals surface area contributed by atoms with Gasteiger partial charge in [0.1, 0.15) is 0 Å². The molecule has 0 saturated heterocycles. The SMILES string of the molecule is CCCNC(c1ccn(C)n1)c1ccc(Cl)cc1Br. The molecule has 1 atom stereocenters. The fraction of sp³-hybridized carbons (Fsp3) is 0.357. The Morgan fingerprint density at radius 1 is 1.42 bits per heavy atom. The zero-order chi connectivity index (χ0) is 13.8. The first-order valence-electron chi connectivity index (χ1n) is 6.29. The number of nitrogens with zero attached hydrogens (tertiary/aromatic N) is 2. The van der Waals surface area contributed by atoms with Crippen LogP contribution in [0.5, 0.6) is 0 Å². The highest BCUT2D eigenvalue weighted by atomic mass is 79.9. The molecule has 0 radical (unpaired) electrons. The summed E-state index contributed by atoms with van der Waals surface area (Å²) in [7, 11) is 1.93. The maximum atomic E-state index is 6.01. The van der Waals surface area contributed by atoms with Gasteiger partial charge in [-0.1, -0.05) is 40.5 Å². The van der Waals surface area contributed by atoms with E-state index in [9.17, 15) is 0 Å². The Morgan fingerprint density at radius 3 is 2.79 bits per heavy atom. The smallest absolute Gasteiger partial charge is 0.0839 e. The Kier molecular flexibility index (Phi) is 5.02. The normalized spacial score (nSPS) is 12.6. The number of rotatable bonds is 5. The van der Waals surface area contributed by atoms with Crippen molar-refractivity contribution < 1.29 is 0 Å². The highest BCUT2D eigenvalue weighted by Gasteiger charge is 2.18. The van der Waals surface area contributed by atoms with E-state index in [4.69, 9.17) is 11.6 Å². The van der Waals surface area contributed by atoms with Gasteiger partial charge in [-0.05, 0) is 36.7 Å². The van der Waals surface area contributed by atoms with Gasteiger partial charge in [-0.3, -0.25) is 4.68 Å². The molecule has 0 spiro atoms. The molecule has 102 valence electrons. The Labute approximate surface area is 127 Å². The fourth-order valence-electron chi connectivity index (χ4n) is 1.99. The number of halogens is 2. The van der Waals surface area contributed by atoms with Gasteiger partial charge in [0.05, 0.1) is 11.7 Å². The fourth-order valence-corrected chi connectivity index (χ4v) is 2.90. The Bertz CT molecular complexity index is 553. The molecule has 2 rings (SSSR count). The Balaban J connectivity index is 2.36. The minimum atomic E-state index is 0.0767. The van der Waals surface area contributed by atoms with Crippen LogP contribution < -0.4 is 5.32 Å². The van der Waals surface area contributed by atoms with Crippen LogP contribution in [0.4, 0.5) is 0 Å². The van der Waals surface area contributed by atoms with Crippen molar-refractivity contribution in [2.24, 2.45) is 7.05 Å². The molecule has 1 unspecified atom stereocenters. The third-order valence-corrected chi connectivity index (χ3v) is 3.82. The number of benzene rings is 1. The van der Waals surface area contributed by atoms with Crippen LogP contribution >= 0.6 is 27.5 Å². The van der Waals surface area contributed by atoms with Crippen molar-refractivity contribution >= 4 is 27.5 Å². The van der Waals surface area contributed by atoms with Crippen molar-refractivity contribution in [1.82, 2.24) is 15.1 Å². The largest absolute Gasteiger partial charge is 0.305 e. The first-order chi connectivity index (χ1) is 9.11. The van der Waals surface area contributed by atoms with Crippen LogP contribution in [0.1, 0.15) is 30.6 Å². The van der Waals surface area contributed by atoms with Crippen molar-refractivity contribution in [3.8, 4) is 0 Å². The lowest BCUT2D eigenvalue weighted by molar-refractivity contribution is 0.574. The molecule has 0 fully saturated rings. The summed E-state index contributed by atoms with van der Waals surface area (Å²) in [5, 5.41) is 8.76. The second kappa shape index (κ2) is 6.55. The molecular formula is C14H17BrClN3. The summed E-state index contributed by atoms with van der Waals surface area (Å²) in [6.45, 7) is 3.09. The minimum absolute atomic E-state index is 0.0767. The summed E-state index contributed by atoms with van der Waals surface area (Å²) in [4.78, 5) is 0. The third kappa shape index (κ3) is 3.59. The summed E-state index contributed by atoms with van der Waals surface area (Å²) < 4.78 is 2.82. The number of hydrogen-bond acceptors (Lipinski definition) is 2. The van der Waals surface area contributed by atoms with E-state index in [2.05, 4.69) is 33.3 Å². The van der Waals surface area contributed by atoms with E-state index in [1.165, 1.54) is 0 Å². The van der Waals surface area contributed by atoms with Crippen molar-refractivity contribution in [3.05, 3.63) is 51.2 Å². The molecule has 5 heteroatoms. The van der Waals surface area contributed by atoms with Crippen LogP contribution in [-0.2, 0) is 7.05 Å². The zero-order valence-corrected chi connectivity index (χ0v) is 13.4. The Hall–Kier alpha value is -0.840. The van der Waals surface area contributed by atoms with Gasteiger partial charge in [0, 0.05) is 22.7 Å². The van der Waals surface area contributed by atoms with Crippen LogP contribution in [0.3, 0.4) is 0 Å². The minimum Gasteiger partial charge on any atom is -0.305 e. The molecule has 0 saturated carbocycles. The van der Waals surface area contributed by atoms with Crippen LogP contribution in [0.2, 0.25) is 5.02 Å². The standard InChI is InChI=1S/C14H17BrClN3/c1-3-7-17-14(13-6-8-19(2)18-13)11-5-4-10(16)9-12(11)15/h4-6,8-9,14,17H,3,7H2,1-2H3. The second-order valence-electron chi connectivity index (χ2n) is 4.47. The Morgan fingerprint density at radius 2 is 2.21 bits per heavy atom. The van der Waals surface area contributed by atoms with Crippen LogP contribution in [0.25, 0.3) is 0 Å². The average Bonchev–Trinajstić information content (AvgIpc) is 2.78. The van der Waals surface area contributed by atoms with E-state index in [-0.39, 0.29) is 6.04 Å². The molecule has 1 aromatic heterocycles. The maximum Gasteiger partial charge on any atom is 0.0839 e. The first kappa shape index (κ1) is 14.6. The van der Waals surface area contributed by atoms with E-state index in [0.717, 1.165) is 33.7 Å². The summed E-state index contributed by atoms with van der Waals surface area (Å²) in [5.74, 6) is 0. The lowest BCUT2D eigenvalue weighted by atomic mass is 10.0. The van der Waals surface area contributed by atoms with E-state index in [0.29, 0.717) is 0 Å². The molecule has 2 aromatic rings. The van der Waals surface area contributed by atoms with Crippen LogP contribution in [0, 0.1) is 0 Å². The third-order valence-electron chi connectivity index (χ3n) is 2.90. The van der Waals surface area contributed by atoms with E-state index in [1.54, 1.807) is 0 Å². The van der Waals surface area contributed by atoms with Gasteiger partial charge in [-0.25, -0.2) is 0 Å². The molecule has 0 amide bonds. The molecule has 0 aliphatic carbocycles. The lowest BCUT2D eigenvalue weighted by Gasteiger charge is -2.18. The second-order valence-corrected chi connectivity index (χ2v) is 5.76. The van der Waals surface area contributed by atoms with E-state index < -0.39 is 0 Å². The predicted octanol–water partition coefficient (Wildman–Crippen LogP) is 3.93. The predicted molar refractivity (Wildman–Crippen MR) is 82.5 cm³/mol. The lowest BCUT2D eigenvalue weighted by Crippen LogP contribution is -2.24. The summed E-state index contributed by atoms with van der Waals surface area (Å²) in [6, 6.07) is 7.97. The summed E-state index contributed by atoms with van der Waals surface area (Å²) >= 11 is 9.59. The first-order valence-corrected chi connectivity index (χ1v) is 7.46. The highest BCUT2D eigenvalue weighted by Crippen LogP contribution is 2.30. The number of nitrogens with one attached hydrogen (secondary N) is 1. The van der Waals surface area contributed by atoms with Gasteiger partial charge >= 0.3 is 0 Å². The molecule has 0 bridgehead atoms. The van der Waals surface area contributed by atoms with Crippen LogP contribution in [0.15, 0.2) is 34.9 Å². The van der Waals surface area contributed by atoms with E-state index in [1.807, 2.05) is 42.2 Å². The van der Waals surface area contributed by atoms with Gasteiger partial charge in [0.15, 0.2) is 0 Å². The number of aryl methyl sites for hydroxylation is 1. The van der Waals surface area contributed by atoms with Crippen molar-refractivity contribution in [2.45, 2.75) is 19.4 Å². The monoisotopic (exact) mass is 341 g/mol. The molecule has 0 aliphatic rings. The zero-order valence-electron chi connectivity index (χ0n) is 11.0.